The van der Waals surface area contributed by atoms with Gasteiger partial charge in [0, 0.05) is 12.6 Å². The average molecular weight is 522 g/mol. The van der Waals surface area contributed by atoms with Crippen LogP contribution in [0.2, 0.25) is 0 Å². The Morgan fingerprint density at radius 3 is 2.26 bits per heavy atom. The molecule has 1 aliphatic rings. The summed E-state index contributed by atoms with van der Waals surface area (Å²) in [5.74, 6) is -0.108. The van der Waals surface area contributed by atoms with Crippen LogP contribution in [-0.2, 0) is 20.9 Å². The molecule has 4 atom stereocenters. The minimum absolute atomic E-state index is 0.0920. The van der Waals surface area contributed by atoms with Crippen molar-refractivity contribution in [1.29, 1.82) is 0 Å². The van der Waals surface area contributed by atoms with E-state index in [-0.39, 0.29) is 29.7 Å². The lowest BCUT2D eigenvalue weighted by atomic mass is 9.98. The molecule has 1 saturated carbocycles. The van der Waals surface area contributed by atoms with Gasteiger partial charge in [0.05, 0.1) is 0 Å². The number of amides is 3. The molecular weight excluding hydrogens is 478 g/mol. The zero-order chi connectivity index (χ0) is 28.0. The summed E-state index contributed by atoms with van der Waals surface area (Å²) >= 11 is 0. The van der Waals surface area contributed by atoms with Gasteiger partial charge in [0.1, 0.15) is 17.7 Å². The van der Waals surface area contributed by atoms with Gasteiger partial charge in [-0.15, -0.1) is 0 Å². The number of nitrogens with one attached hydrogen (secondary N) is 2. The number of carbonyl (C=O) groups is 3. The first kappa shape index (κ1) is 29.2. The van der Waals surface area contributed by atoms with Crippen LogP contribution in [0.25, 0.3) is 0 Å². The lowest BCUT2D eigenvalue weighted by Gasteiger charge is -2.35. The molecule has 2 aromatic rings. The fourth-order valence-electron chi connectivity index (χ4n) is 4.66. The number of benzene rings is 2. The fraction of sp³-hybridized carbons (Fsp3) is 0.516. The van der Waals surface area contributed by atoms with Gasteiger partial charge in [-0.25, -0.2) is 4.79 Å². The van der Waals surface area contributed by atoms with E-state index in [1.54, 1.807) is 25.7 Å². The van der Waals surface area contributed by atoms with Crippen LogP contribution in [0, 0.1) is 18.8 Å². The number of rotatable bonds is 10. The smallest absolute Gasteiger partial charge is 0.408 e. The Bertz CT molecular complexity index is 1110. The largest absolute Gasteiger partial charge is 0.444 e. The summed E-state index contributed by atoms with van der Waals surface area (Å²) in [6, 6.07) is 15.7. The van der Waals surface area contributed by atoms with E-state index in [0.717, 1.165) is 23.1 Å². The maximum Gasteiger partial charge on any atom is 0.408 e. The van der Waals surface area contributed by atoms with Gasteiger partial charge < -0.3 is 20.3 Å². The molecule has 206 valence electrons. The van der Waals surface area contributed by atoms with E-state index >= 15 is 0 Å². The summed E-state index contributed by atoms with van der Waals surface area (Å²) in [6.45, 7) is 13.8. The molecule has 0 heterocycles. The zero-order valence-electron chi connectivity index (χ0n) is 23.8. The van der Waals surface area contributed by atoms with Crippen molar-refractivity contribution in [2.75, 3.05) is 0 Å². The topological polar surface area (TPSA) is 87.7 Å². The Labute approximate surface area is 227 Å². The molecule has 0 radical (unpaired) electrons. The summed E-state index contributed by atoms with van der Waals surface area (Å²) in [4.78, 5) is 42.5. The van der Waals surface area contributed by atoms with Gasteiger partial charge in [0.2, 0.25) is 11.8 Å². The SMILES string of the molecule is Cc1cccc(C(C(=O)NCc2ccccc2)N(C(=O)C(CC(C)C)NC(=O)OC(C)(C)C)C2CC2C)c1. The molecule has 7 heteroatoms. The van der Waals surface area contributed by atoms with E-state index in [4.69, 9.17) is 4.74 Å². The fourth-order valence-corrected chi connectivity index (χ4v) is 4.66. The highest BCUT2D eigenvalue weighted by Crippen LogP contribution is 2.41. The molecular formula is C31H43N3O4. The third kappa shape index (κ3) is 8.33. The van der Waals surface area contributed by atoms with Crippen LogP contribution in [-0.4, -0.2) is 40.5 Å². The quantitative estimate of drug-likeness (QED) is 0.430. The predicted molar refractivity (Wildman–Crippen MR) is 149 cm³/mol. The van der Waals surface area contributed by atoms with Crippen LogP contribution in [0.4, 0.5) is 4.79 Å². The number of nitrogens with zero attached hydrogens (tertiary/aromatic N) is 1. The van der Waals surface area contributed by atoms with Gasteiger partial charge >= 0.3 is 6.09 Å². The Morgan fingerprint density at radius 1 is 1.05 bits per heavy atom. The van der Waals surface area contributed by atoms with E-state index < -0.39 is 23.8 Å². The minimum atomic E-state index is -0.823. The molecule has 0 spiro atoms. The Morgan fingerprint density at radius 2 is 1.71 bits per heavy atom. The van der Waals surface area contributed by atoms with Crippen molar-refractivity contribution in [2.24, 2.45) is 11.8 Å². The lowest BCUT2D eigenvalue weighted by molar-refractivity contribution is -0.143. The van der Waals surface area contributed by atoms with Gasteiger partial charge in [-0.2, -0.15) is 0 Å². The summed E-state index contributed by atoms with van der Waals surface area (Å²) in [5, 5.41) is 5.87. The molecule has 1 aliphatic carbocycles. The normalized spacial score (nSPS) is 18.3. The number of ether oxygens (including phenoxy) is 1. The molecule has 0 aliphatic heterocycles. The van der Waals surface area contributed by atoms with Crippen LogP contribution in [0.1, 0.15) is 77.1 Å². The Balaban J connectivity index is 1.96. The summed E-state index contributed by atoms with van der Waals surface area (Å²) < 4.78 is 5.47. The standard InChI is InChI=1S/C31H43N3O4/c1-20(2)16-25(33-30(37)38-31(5,6)7)29(36)34(26-18-22(26)4)27(24-15-11-12-21(3)17-24)28(35)32-19-23-13-9-8-10-14-23/h8-15,17,20,22,25-27H,16,18-19H2,1-7H3,(H,32,35)(H,33,37). The van der Waals surface area contributed by atoms with Crippen molar-refractivity contribution in [3.05, 3.63) is 71.3 Å². The van der Waals surface area contributed by atoms with Crippen molar-refractivity contribution in [2.45, 2.75) is 91.6 Å². The van der Waals surface area contributed by atoms with Crippen LogP contribution in [0.5, 0.6) is 0 Å². The van der Waals surface area contributed by atoms with E-state index in [0.29, 0.717) is 13.0 Å². The first-order valence-corrected chi connectivity index (χ1v) is 13.6. The molecule has 0 saturated heterocycles. The average Bonchev–Trinajstić information content (AvgIpc) is 3.55. The molecule has 2 N–H and O–H groups in total. The van der Waals surface area contributed by atoms with E-state index in [1.807, 2.05) is 75.4 Å². The first-order valence-electron chi connectivity index (χ1n) is 13.6. The minimum Gasteiger partial charge on any atom is -0.444 e. The van der Waals surface area contributed by atoms with Crippen molar-refractivity contribution in [3.63, 3.8) is 0 Å². The molecule has 3 rings (SSSR count). The Hall–Kier alpha value is -3.35. The van der Waals surface area contributed by atoms with Crippen LogP contribution < -0.4 is 10.6 Å². The molecule has 7 nitrogen and oxygen atoms in total. The number of hydrogen-bond acceptors (Lipinski definition) is 4. The molecule has 3 amide bonds. The van der Waals surface area contributed by atoms with Crippen LogP contribution in [0.3, 0.4) is 0 Å². The van der Waals surface area contributed by atoms with Crippen LogP contribution in [0.15, 0.2) is 54.6 Å². The van der Waals surface area contributed by atoms with Crippen molar-refractivity contribution in [3.8, 4) is 0 Å². The second-order valence-electron chi connectivity index (χ2n) is 11.9. The molecule has 1 fully saturated rings. The van der Waals surface area contributed by atoms with Crippen LogP contribution >= 0.6 is 0 Å². The lowest BCUT2D eigenvalue weighted by Crippen LogP contribution is -2.54. The highest BCUT2D eigenvalue weighted by molar-refractivity contribution is 5.92. The van der Waals surface area contributed by atoms with Crippen molar-refractivity contribution < 1.29 is 19.1 Å². The molecule has 4 unspecified atom stereocenters. The second-order valence-corrected chi connectivity index (χ2v) is 11.9. The van der Waals surface area contributed by atoms with E-state index in [1.165, 1.54) is 0 Å². The maximum absolute atomic E-state index is 14.3. The van der Waals surface area contributed by atoms with Gasteiger partial charge in [-0.3, -0.25) is 9.59 Å². The monoisotopic (exact) mass is 521 g/mol. The molecule has 0 bridgehead atoms. The molecule has 2 aromatic carbocycles. The highest BCUT2D eigenvalue weighted by atomic mass is 16.6. The third-order valence-electron chi connectivity index (χ3n) is 6.57. The zero-order valence-corrected chi connectivity index (χ0v) is 23.8. The number of alkyl carbamates (subject to hydrolysis) is 1. The number of carbonyl (C=O) groups excluding carboxylic acids is 3. The maximum atomic E-state index is 14.3. The predicted octanol–water partition coefficient (Wildman–Crippen LogP) is 5.53. The molecule has 38 heavy (non-hydrogen) atoms. The number of aryl methyl sites for hydroxylation is 1. The van der Waals surface area contributed by atoms with Gasteiger partial charge in [0.15, 0.2) is 0 Å². The third-order valence-corrected chi connectivity index (χ3v) is 6.57. The van der Waals surface area contributed by atoms with Gasteiger partial charge in [0.25, 0.3) is 0 Å². The summed E-state index contributed by atoms with van der Waals surface area (Å²) in [5.41, 5.74) is 2.04. The Kier molecular flexibility index (Phi) is 9.58. The summed E-state index contributed by atoms with van der Waals surface area (Å²) in [6.07, 6.45) is 0.601. The van der Waals surface area contributed by atoms with Crippen molar-refractivity contribution >= 4 is 17.9 Å². The van der Waals surface area contributed by atoms with E-state index in [2.05, 4.69) is 17.6 Å². The van der Waals surface area contributed by atoms with Gasteiger partial charge in [-0.05, 0) is 63.5 Å². The number of hydrogen-bond donors (Lipinski definition) is 2. The summed E-state index contributed by atoms with van der Waals surface area (Å²) in [7, 11) is 0. The molecule has 0 aromatic heterocycles. The van der Waals surface area contributed by atoms with Gasteiger partial charge in [-0.1, -0.05) is 80.9 Å². The highest BCUT2D eigenvalue weighted by Gasteiger charge is 2.48. The second kappa shape index (κ2) is 12.5. The first-order chi connectivity index (χ1) is 17.9. The van der Waals surface area contributed by atoms with E-state index in [9.17, 15) is 14.4 Å². The van der Waals surface area contributed by atoms with Crippen molar-refractivity contribution in [1.82, 2.24) is 15.5 Å².